The minimum absolute atomic E-state index is 0.0210. The Bertz CT molecular complexity index is 1400. The molecule has 0 spiro atoms. The second-order valence-electron chi connectivity index (χ2n) is 6.81. The van der Waals surface area contributed by atoms with E-state index in [-0.39, 0.29) is 18.8 Å². The summed E-state index contributed by atoms with van der Waals surface area (Å²) in [5.74, 6) is -0.840. The molecule has 0 aliphatic carbocycles. The monoisotopic (exact) mass is 454 g/mol. The van der Waals surface area contributed by atoms with Crippen LogP contribution >= 0.6 is 11.6 Å². The zero-order valence-corrected chi connectivity index (χ0v) is 17.3. The van der Waals surface area contributed by atoms with Crippen LogP contribution in [0.2, 0.25) is 5.02 Å². The van der Waals surface area contributed by atoms with Gasteiger partial charge in [0, 0.05) is 5.02 Å². The summed E-state index contributed by atoms with van der Waals surface area (Å²) < 4.78 is 20.5. The number of rotatable bonds is 6. The van der Waals surface area contributed by atoms with E-state index in [2.05, 4.69) is 10.4 Å². The van der Waals surface area contributed by atoms with Gasteiger partial charge in [0.25, 0.3) is 11.5 Å². The van der Waals surface area contributed by atoms with Crippen molar-refractivity contribution in [2.45, 2.75) is 13.1 Å². The zero-order valence-electron chi connectivity index (χ0n) is 16.5. The van der Waals surface area contributed by atoms with Crippen LogP contribution in [0.4, 0.5) is 4.39 Å². The maximum absolute atomic E-state index is 13.6. The van der Waals surface area contributed by atoms with Crippen molar-refractivity contribution in [3.63, 3.8) is 0 Å². The third kappa shape index (κ3) is 4.52. The second-order valence-corrected chi connectivity index (χ2v) is 7.24. The van der Waals surface area contributed by atoms with Gasteiger partial charge in [-0.3, -0.25) is 14.2 Å². The number of halogens is 2. The molecule has 0 bridgehead atoms. The van der Waals surface area contributed by atoms with Crippen molar-refractivity contribution >= 4 is 17.5 Å². The van der Waals surface area contributed by atoms with Gasteiger partial charge in [0.15, 0.2) is 0 Å². The number of furan rings is 1. The molecule has 0 fully saturated rings. The molecular weight excluding hydrogens is 439 g/mol. The summed E-state index contributed by atoms with van der Waals surface area (Å²) in [4.78, 5) is 38.9. The van der Waals surface area contributed by atoms with E-state index in [1.54, 1.807) is 36.4 Å². The molecule has 32 heavy (non-hydrogen) atoms. The van der Waals surface area contributed by atoms with Crippen LogP contribution in [0.3, 0.4) is 0 Å². The van der Waals surface area contributed by atoms with Gasteiger partial charge in [-0.15, -0.1) is 0 Å². The maximum atomic E-state index is 13.6. The predicted molar refractivity (Wildman–Crippen MR) is 114 cm³/mol. The molecular formula is C22H16ClFN4O4. The van der Waals surface area contributed by atoms with E-state index in [4.69, 9.17) is 16.0 Å². The van der Waals surface area contributed by atoms with Crippen molar-refractivity contribution in [1.82, 2.24) is 19.7 Å². The highest BCUT2D eigenvalue weighted by Crippen LogP contribution is 2.12. The van der Waals surface area contributed by atoms with Crippen LogP contribution in [-0.2, 0) is 13.1 Å². The highest BCUT2D eigenvalue weighted by atomic mass is 35.5. The first-order valence-corrected chi connectivity index (χ1v) is 9.85. The minimum atomic E-state index is -0.908. The zero-order chi connectivity index (χ0) is 22.7. The number of carbonyl (C=O) groups is 1. The first kappa shape index (κ1) is 21.3. The smallest absolute Gasteiger partial charge is 0.352 e. The van der Waals surface area contributed by atoms with Crippen molar-refractivity contribution in [3.05, 3.63) is 116 Å². The lowest BCUT2D eigenvalue weighted by Crippen LogP contribution is -2.46. The lowest BCUT2D eigenvalue weighted by Gasteiger charge is -2.12. The molecule has 2 aromatic heterocycles. The fraction of sp³-hybridized carbons (Fsp3) is 0.0909. The van der Waals surface area contributed by atoms with E-state index in [1.165, 1.54) is 30.5 Å². The number of hydrogen-bond acceptors (Lipinski definition) is 5. The fourth-order valence-corrected chi connectivity index (χ4v) is 3.24. The van der Waals surface area contributed by atoms with E-state index in [0.717, 1.165) is 9.25 Å². The van der Waals surface area contributed by atoms with E-state index in [0.29, 0.717) is 16.3 Å². The Kier molecular flexibility index (Phi) is 6.00. The number of aromatic nitrogens is 3. The molecule has 4 rings (SSSR count). The van der Waals surface area contributed by atoms with Crippen molar-refractivity contribution < 1.29 is 13.6 Å². The lowest BCUT2D eigenvalue weighted by atomic mass is 10.2. The molecule has 4 aromatic rings. The van der Waals surface area contributed by atoms with Gasteiger partial charge in [-0.25, -0.2) is 9.18 Å². The van der Waals surface area contributed by atoms with E-state index >= 15 is 0 Å². The van der Waals surface area contributed by atoms with Crippen LogP contribution in [0.1, 0.15) is 21.8 Å². The summed E-state index contributed by atoms with van der Waals surface area (Å²) in [5, 5.41) is 6.88. The van der Waals surface area contributed by atoms with Crippen molar-refractivity contribution in [2.24, 2.45) is 0 Å². The van der Waals surface area contributed by atoms with E-state index in [1.807, 2.05) is 0 Å². The first-order chi connectivity index (χ1) is 15.4. The summed E-state index contributed by atoms with van der Waals surface area (Å²) in [6, 6.07) is 15.0. The van der Waals surface area contributed by atoms with Crippen LogP contribution in [-0.4, -0.2) is 20.3 Å². The SMILES string of the molecule is O=C(NCc1ccco1)c1nn(-c2cccc(Cl)c2)c(=O)n(Cc2cccc(F)c2)c1=O. The quantitative estimate of drug-likeness (QED) is 0.483. The molecule has 0 saturated heterocycles. The molecule has 0 aliphatic heterocycles. The minimum Gasteiger partial charge on any atom is -0.467 e. The molecule has 0 saturated carbocycles. The molecule has 2 heterocycles. The predicted octanol–water partition coefficient (Wildman–Crippen LogP) is 2.76. The van der Waals surface area contributed by atoms with Crippen LogP contribution in [0, 0.1) is 5.82 Å². The van der Waals surface area contributed by atoms with Gasteiger partial charge >= 0.3 is 5.69 Å². The Labute approximate surface area is 185 Å². The molecule has 0 aliphatic rings. The standard InChI is InChI=1S/C22H16ClFN4O4/c23-15-5-2-7-17(11-15)28-22(31)27(13-14-4-1-6-16(24)10-14)21(30)19(26-28)20(29)25-12-18-8-3-9-32-18/h1-11H,12-13H2,(H,25,29). The Balaban J connectivity index is 1.81. The Morgan fingerprint density at radius 1 is 1.09 bits per heavy atom. The number of hydrogen-bond donors (Lipinski definition) is 1. The van der Waals surface area contributed by atoms with Crippen molar-refractivity contribution in [1.29, 1.82) is 0 Å². The average molecular weight is 455 g/mol. The van der Waals surface area contributed by atoms with Gasteiger partial charge in [-0.1, -0.05) is 29.8 Å². The summed E-state index contributed by atoms with van der Waals surface area (Å²) >= 11 is 6.03. The molecule has 0 unspecified atom stereocenters. The molecule has 8 nitrogen and oxygen atoms in total. The van der Waals surface area contributed by atoms with Crippen LogP contribution < -0.4 is 16.6 Å². The molecule has 1 N–H and O–H groups in total. The van der Waals surface area contributed by atoms with Crippen molar-refractivity contribution in [3.8, 4) is 5.69 Å². The first-order valence-electron chi connectivity index (χ1n) is 9.47. The summed E-state index contributed by atoms with van der Waals surface area (Å²) in [5.41, 5.74) is -1.59. The summed E-state index contributed by atoms with van der Waals surface area (Å²) in [7, 11) is 0. The van der Waals surface area contributed by atoms with Crippen molar-refractivity contribution in [2.75, 3.05) is 0 Å². The van der Waals surface area contributed by atoms with E-state index < -0.39 is 28.7 Å². The molecule has 2 aromatic carbocycles. The van der Waals surface area contributed by atoms with Crippen LogP contribution in [0.5, 0.6) is 0 Å². The second kappa shape index (κ2) is 9.03. The highest BCUT2D eigenvalue weighted by Gasteiger charge is 2.21. The Morgan fingerprint density at radius 3 is 2.62 bits per heavy atom. The molecule has 0 atom stereocenters. The Morgan fingerprint density at radius 2 is 1.91 bits per heavy atom. The largest absolute Gasteiger partial charge is 0.467 e. The third-order valence-electron chi connectivity index (χ3n) is 4.56. The number of nitrogens with one attached hydrogen (secondary N) is 1. The van der Waals surface area contributed by atoms with Crippen LogP contribution in [0.15, 0.2) is 80.9 Å². The fourth-order valence-electron chi connectivity index (χ4n) is 3.05. The molecule has 1 amide bonds. The topological polar surface area (TPSA) is 99.1 Å². The van der Waals surface area contributed by atoms with Gasteiger partial charge in [-0.2, -0.15) is 9.78 Å². The van der Waals surface area contributed by atoms with Gasteiger partial charge in [0.1, 0.15) is 11.6 Å². The third-order valence-corrected chi connectivity index (χ3v) is 4.80. The molecule has 162 valence electrons. The molecule has 0 radical (unpaired) electrons. The Hall–Kier alpha value is -3.98. The summed E-state index contributed by atoms with van der Waals surface area (Å²) in [6.07, 6.45) is 1.45. The number of benzene rings is 2. The van der Waals surface area contributed by atoms with Gasteiger partial charge < -0.3 is 9.73 Å². The number of nitrogens with zero attached hydrogens (tertiary/aromatic N) is 3. The highest BCUT2D eigenvalue weighted by molar-refractivity contribution is 6.30. The average Bonchev–Trinajstić information content (AvgIpc) is 3.29. The van der Waals surface area contributed by atoms with Gasteiger partial charge in [0.05, 0.1) is 25.0 Å². The number of amides is 1. The normalized spacial score (nSPS) is 10.8. The van der Waals surface area contributed by atoms with Gasteiger partial charge in [-0.05, 0) is 48.0 Å². The maximum Gasteiger partial charge on any atom is 0.352 e. The summed E-state index contributed by atoms with van der Waals surface area (Å²) in [6.45, 7) is -0.232. The van der Waals surface area contributed by atoms with Crippen LogP contribution in [0.25, 0.3) is 5.69 Å². The lowest BCUT2D eigenvalue weighted by molar-refractivity contribution is 0.0938. The van der Waals surface area contributed by atoms with E-state index in [9.17, 15) is 18.8 Å². The van der Waals surface area contributed by atoms with Gasteiger partial charge in [0.2, 0.25) is 5.69 Å². The number of carbonyl (C=O) groups excluding carboxylic acids is 1. The molecule has 10 heteroatoms.